The molecular formula is C11H25BO4Si. The van der Waals surface area contributed by atoms with Gasteiger partial charge in [0.05, 0.1) is 12.7 Å². The zero-order valence-electron chi connectivity index (χ0n) is 11.8. The van der Waals surface area contributed by atoms with Gasteiger partial charge in [0.2, 0.25) is 0 Å². The van der Waals surface area contributed by atoms with E-state index in [-0.39, 0.29) is 23.4 Å². The minimum Gasteiger partial charge on any atom is -0.438 e. The molecule has 0 bridgehead atoms. The summed E-state index contributed by atoms with van der Waals surface area (Å²) in [7, 11) is 1.16. The van der Waals surface area contributed by atoms with Gasteiger partial charge < -0.3 is 18.9 Å². The maximum absolute atomic E-state index is 10.3. The van der Waals surface area contributed by atoms with E-state index in [4.69, 9.17) is 14.1 Å². The van der Waals surface area contributed by atoms with Crippen molar-refractivity contribution in [3.8, 4) is 0 Å². The first-order chi connectivity index (χ1) is 7.73. The molecule has 1 N–H and O–H groups in total. The average molecular weight is 260 g/mol. The molecule has 0 aliphatic carbocycles. The summed E-state index contributed by atoms with van der Waals surface area (Å²) < 4.78 is 16.4. The van der Waals surface area contributed by atoms with Gasteiger partial charge in [0.1, 0.15) is 0 Å². The third-order valence-electron chi connectivity index (χ3n) is 4.19. The van der Waals surface area contributed by atoms with E-state index < -0.39 is 8.32 Å². The average Bonchev–Trinajstić information content (AvgIpc) is 2.57. The van der Waals surface area contributed by atoms with Gasteiger partial charge in [0, 0.05) is 13.0 Å². The SMILES string of the molecule is BO[C@@H]1COC(OC)[C@@H]1CC(C)(C)[Si](C)(C)O. The van der Waals surface area contributed by atoms with E-state index in [0.29, 0.717) is 6.61 Å². The van der Waals surface area contributed by atoms with Crippen LogP contribution in [0.15, 0.2) is 0 Å². The van der Waals surface area contributed by atoms with Crippen LogP contribution < -0.4 is 0 Å². The summed E-state index contributed by atoms with van der Waals surface area (Å²) in [6.07, 6.45) is 0.714. The van der Waals surface area contributed by atoms with Gasteiger partial charge in [-0.3, -0.25) is 0 Å². The highest BCUT2D eigenvalue weighted by molar-refractivity contribution is 6.72. The highest BCUT2D eigenvalue weighted by Gasteiger charge is 2.46. The summed E-state index contributed by atoms with van der Waals surface area (Å²) in [5, 5.41) is -0.0844. The Labute approximate surface area is 106 Å². The summed E-state index contributed by atoms with van der Waals surface area (Å²) in [5.74, 6) is 0.193. The van der Waals surface area contributed by atoms with Gasteiger partial charge in [0.25, 0.3) is 8.05 Å². The van der Waals surface area contributed by atoms with Crippen molar-refractivity contribution in [3.05, 3.63) is 0 Å². The summed E-state index contributed by atoms with van der Waals surface area (Å²) in [4.78, 5) is 10.3. The Morgan fingerprint density at radius 1 is 1.47 bits per heavy atom. The van der Waals surface area contributed by atoms with Crippen LogP contribution in [-0.4, -0.2) is 47.3 Å². The molecule has 0 aromatic rings. The summed E-state index contributed by atoms with van der Waals surface area (Å²) >= 11 is 0. The summed E-state index contributed by atoms with van der Waals surface area (Å²) in [6, 6.07) is 0. The highest BCUT2D eigenvalue weighted by atomic mass is 28.4. The van der Waals surface area contributed by atoms with Crippen molar-refractivity contribution in [3.63, 3.8) is 0 Å². The molecule has 1 saturated heterocycles. The third-order valence-corrected chi connectivity index (χ3v) is 7.71. The van der Waals surface area contributed by atoms with Crippen LogP contribution in [0.4, 0.5) is 0 Å². The number of rotatable bonds is 5. The number of methoxy groups -OCH3 is 1. The molecule has 0 aromatic carbocycles. The predicted octanol–water partition coefficient (Wildman–Crippen LogP) is 0.906. The van der Waals surface area contributed by atoms with Crippen LogP contribution in [-0.2, 0) is 14.1 Å². The van der Waals surface area contributed by atoms with Crippen LogP contribution >= 0.6 is 0 Å². The molecule has 1 aliphatic rings. The van der Waals surface area contributed by atoms with Crippen molar-refractivity contribution in [2.45, 2.75) is 50.8 Å². The van der Waals surface area contributed by atoms with Gasteiger partial charge in [-0.2, -0.15) is 0 Å². The Balaban J connectivity index is 2.77. The minimum absolute atomic E-state index is 0.0653. The van der Waals surface area contributed by atoms with Gasteiger partial charge in [-0.1, -0.05) is 13.8 Å². The van der Waals surface area contributed by atoms with Crippen LogP contribution in [0.2, 0.25) is 18.1 Å². The van der Waals surface area contributed by atoms with E-state index in [2.05, 4.69) is 13.8 Å². The summed E-state index contributed by atoms with van der Waals surface area (Å²) in [5.41, 5.74) is 0. The summed E-state index contributed by atoms with van der Waals surface area (Å²) in [6.45, 7) is 8.77. The lowest BCUT2D eigenvalue weighted by atomic mass is 9.92. The molecule has 0 amide bonds. The molecular weight excluding hydrogens is 235 g/mol. The zero-order valence-corrected chi connectivity index (χ0v) is 12.8. The predicted molar refractivity (Wildman–Crippen MR) is 72.0 cm³/mol. The van der Waals surface area contributed by atoms with Gasteiger partial charge in [-0.15, -0.1) is 0 Å². The fourth-order valence-corrected chi connectivity index (χ4v) is 2.90. The maximum atomic E-state index is 10.3. The standard InChI is InChI=1S/C11H25BO4Si/c1-11(2,17(4,5)13)6-8-9(16-12)7-15-10(8)14-3/h8-10,13H,6-7,12H2,1-5H3/t8-,9-,10?/m1/s1. The molecule has 17 heavy (non-hydrogen) atoms. The van der Waals surface area contributed by atoms with Crippen molar-refractivity contribution in [1.29, 1.82) is 0 Å². The van der Waals surface area contributed by atoms with Crippen molar-refractivity contribution < 1.29 is 18.9 Å². The Morgan fingerprint density at radius 2 is 2.06 bits per heavy atom. The third kappa shape index (κ3) is 3.32. The largest absolute Gasteiger partial charge is 0.438 e. The van der Waals surface area contributed by atoms with Crippen molar-refractivity contribution in [2.75, 3.05) is 13.7 Å². The Kier molecular flexibility index (Phi) is 4.82. The Hall–Kier alpha value is 0.122. The number of ether oxygens (including phenoxy) is 2. The molecule has 1 unspecified atom stereocenters. The van der Waals surface area contributed by atoms with Crippen LogP contribution in [0, 0.1) is 5.92 Å². The monoisotopic (exact) mass is 260 g/mol. The van der Waals surface area contributed by atoms with Gasteiger partial charge in [0.15, 0.2) is 14.6 Å². The van der Waals surface area contributed by atoms with Crippen LogP contribution in [0.5, 0.6) is 0 Å². The quantitative estimate of drug-likeness (QED) is 0.746. The number of hydrogen-bond acceptors (Lipinski definition) is 4. The van der Waals surface area contributed by atoms with Crippen LogP contribution in [0.25, 0.3) is 0 Å². The molecule has 0 radical (unpaired) electrons. The molecule has 6 heteroatoms. The van der Waals surface area contributed by atoms with E-state index in [1.807, 2.05) is 13.1 Å². The smallest absolute Gasteiger partial charge is 0.257 e. The van der Waals surface area contributed by atoms with E-state index in [0.717, 1.165) is 6.42 Å². The van der Waals surface area contributed by atoms with Crippen molar-refractivity contribution >= 4 is 16.4 Å². The molecule has 100 valence electrons. The fourth-order valence-electron chi connectivity index (χ4n) is 2.16. The molecule has 1 fully saturated rings. The highest BCUT2D eigenvalue weighted by Crippen LogP contribution is 2.45. The second kappa shape index (κ2) is 5.40. The van der Waals surface area contributed by atoms with Crippen molar-refractivity contribution in [2.24, 2.45) is 5.92 Å². The fraction of sp³-hybridized carbons (Fsp3) is 1.00. The first-order valence-corrected chi connectivity index (χ1v) is 9.07. The zero-order chi connectivity index (χ0) is 13.3. The lowest BCUT2D eigenvalue weighted by Gasteiger charge is -2.38. The normalized spacial score (nSPS) is 30.8. The second-order valence-electron chi connectivity index (χ2n) is 6.02. The van der Waals surface area contributed by atoms with Gasteiger partial charge >= 0.3 is 0 Å². The lowest BCUT2D eigenvalue weighted by molar-refractivity contribution is -0.113. The van der Waals surface area contributed by atoms with Gasteiger partial charge in [-0.25, -0.2) is 0 Å². The van der Waals surface area contributed by atoms with E-state index in [9.17, 15) is 4.80 Å². The van der Waals surface area contributed by atoms with Crippen LogP contribution in [0.3, 0.4) is 0 Å². The van der Waals surface area contributed by atoms with E-state index in [1.54, 1.807) is 15.2 Å². The minimum atomic E-state index is -2.20. The van der Waals surface area contributed by atoms with E-state index in [1.165, 1.54) is 0 Å². The van der Waals surface area contributed by atoms with Crippen LogP contribution in [0.1, 0.15) is 20.3 Å². The van der Waals surface area contributed by atoms with E-state index >= 15 is 0 Å². The molecule has 0 saturated carbocycles. The maximum Gasteiger partial charge on any atom is 0.257 e. The molecule has 1 aliphatic heterocycles. The molecule has 1 rings (SSSR count). The molecule has 3 atom stereocenters. The van der Waals surface area contributed by atoms with Crippen molar-refractivity contribution in [1.82, 2.24) is 0 Å². The molecule has 0 aromatic heterocycles. The molecule has 4 nitrogen and oxygen atoms in total. The topological polar surface area (TPSA) is 47.9 Å². The van der Waals surface area contributed by atoms with Gasteiger partial charge in [-0.05, 0) is 24.6 Å². The first kappa shape index (κ1) is 15.2. The Bertz CT molecular complexity index is 242. The second-order valence-corrected chi connectivity index (χ2v) is 10.5. The molecule has 0 spiro atoms. The lowest BCUT2D eigenvalue weighted by Crippen LogP contribution is -2.42. The molecule has 1 heterocycles. The number of hydrogen-bond donors (Lipinski definition) is 1. The first-order valence-electron chi connectivity index (χ1n) is 6.12. The Morgan fingerprint density at radius 3 is 2.47 bits per heavy atom.